The first-order chi connectivity index (χ1) is 8.20. The molecule has 0 aliphatic heterocycles. The Morgan fingerprint density at radius 1 is 1.59 bits per heavy atom. The monoisotopic (exact) mass is 234 g/mol. The molecule has 0 aromatic heterocycles. The summed E-state index contributed by atoms with van der Waals surface area (Å²) >= 11 is 0. The average Bonchev–Trinajstić information content (AvgIpc) is 3.13. The maximum Gasteiger partial charge on any atom is 0.248 e. The summed E-state index contributed by atoms with van der Waals surface area (Å²) < 4.78 is 5.20. The first-order valence-electron chi connectivity index (χ1n) is 5.86. The molecule has 0 saturated heterocycles. The van der Waals surface area contributed by atoms with Gasteiger partial charge in [-0.3, -0.25) is 4.79 Å². The Morgan fingerprint density at radius 2 is 2.35 bits per heavy atom. The average molecular weight is 234 g/mol. The lowest BCUT2D eigenvalue weighted by molar-refractivity contribution is 0.100. The Kier molecular flexibility index (Phi) is 3.64. The standard InChI is InChI=1S/C13H18N2O2/c1-17-8-12(9-5-6-9)15-11-4-2-3-10(7-11)13(14)16/h2-4,7,9,12,15H,5-6,8H2,1H3,(H2,14,16). The van der Waals surface area contributed by atoms with Gasteiger partial charge in [0.15, 0.2) is 0 Å². The molecule has 1 unspecified atom stereocenters. The van der Waals surface area contributed by atoms with E-state index in [0.717, 1.165) is 5.69 Å². The third kappa shape index (κ3) is 3.20. The first-order valence-corrected chi connectivity index (χ1v) is 5.86. The topological polar surface area (TPSA) is 64.3 Å². The lowest BCUT2D eigenvalue weighted by Gasteiger charge is -2.18. The van der Waals surface area contributed by atoms with Crippen molar-refractivity contribution in [2.24, 2.45) is 11.7 Å². The number of ether oxygens (including phenoxy) is 1. The van der Waals surface area contributed by atoms with Crippen molar-refractivity contribution in [3.8, 4) is 0 Å². The van der Waals surface area contributed by atoms with Crippen LogP contribution in [0.25, 0.3) is 0 Å². The molecule has 4 nitrogen and oxygen atoms in total. The molecule has 0 spiro atoms. The van der Waals surface area contributed by atoms with Gasteiger partial charge in [0, 0.05) is 18.4 Å². The molecule has 92 valence electrons. The number of rotatable bonds is 6. The van der Waals surface area contributed by atoms with Crippen molar-refractivity contribution in [2.45, 2.75) is 18.9 Å². The van der Waals surface area contributed by atoms with E-state index in [-0.39, 0.29) is 0 Å². The minimum Gasteiger partial charge on any atom is -0.383 e. The molecular weight excluding hydrogens is 216 g/mol. The normalized spacial score (nSPS) is 16.5. The van der Waals surface area contributed by atoms with Crippen molar-refractivity contribution in [1.29, 1.82) is 0 Å². The predicted octanol–water partition coefficient (Wildman–Crippen LogP) is 1.62. The number of amides is 1. The Bertz CT molecular complexity index is 402. The van der Waals surface area contributed by atoms with Crippen LogP contribution in [-0.4, -0.2) is 25.7 Å². The van der Waals surface area contributed by atoms with Gasteiger partial charge in [0.2, 0.25) is 5.91 Å². The van der Waals surface area contributed by atoms with Crippen LogP contribution in [0.1, 0.15) is 23.2 Å². The van der Waals surface area contributed by atoms with E-state index in [1.165, 1.54) is 12.8 Å². The zero-order valence-electron chi connectivity index (χ0n) is 9.98. The quantitative estimate of drug-likeness (QED) is 0.786. The van der Waals surface area contributed by atoms with Gasteiger partial charge in [0.1, 0.15) is 0 Å². The molecule has 1 aromatic carbocycles. The minimum atomic E-state index is -0.400. The zero-order chi connectivity index (χ0) is 12.3. The van der Waals surface area contributed by atoms with Crippen LogP contribution in [-0.2, 0) is 4.74 Å². The van der Waals surface area contributed by atoms with Gasteiger partial charge in [0.05, 0.1) is 12.6 Å². The molecule has 17 heavy (non-hydrogen) atoms. The second-order valence-corrected chi connectivity index (χ2v) is 4.49. The number of anilines is 1. The fourth-order valence-corrected chi connectivity index (χ4v) is 1.95. The lowest BCUT2D eigenvalue weighted by atomic mass is 10.1. The molecule has 3 N–H and O–H groups in total. The van der Waals surface area contributed by atoms with Gasteiger partial charge in [-0.05, 0) is 37.0 Å². The molecule has 0 radical (unpaired) electrons. The van der Waals surface area contributed by atoms with Crippen LogP contribution in [0.5, 0.6) is 0 Å². The van der Waals surface area contributed by atoms with Crippen LogP contribution in [0.2, 0.25) is 0 Å². The van der Waals surface area contributed by atoms with Crippen LogP contribution in [0.15, 0.2) is 24.3 Å². The Balaban J connectivity index is 2.05. The number of methoxy groups -OCH3 is 1. The smallest absolute Gasteiger partial charge is 0.248 e. The Morgan fingerprint density at radius 3 is 2.94 bits per heavy atom. The van der Waals surface area contributed by atoms with Gasteiger partial charge in [-0.1, -0.05) is 6.07 Å². The number of nitrogens with one attached hydrogen (secondary N) is 1. The maximum absolute atomic E-state index is 11.1. The van der Waals surface area contributed by atoms with Crippen LogP contribution in [0.4, 0.5) is 5.69 Å². The molecule has 4 heteroatoms. The summed E-state index contributed by atoms with van der Waals surface area (Å²) in [5, 5.41) is 3.40. The molecule has 1 amide bonds. The van der Waals surface area contributed by atoms with Gasteiger partial charge in [-0.25, -0.2) is 0 Å². The van der Waals surface area contributed by atoms with E-state index in [2.05, 4.69) is 5.32 Å². The van der Waals surface area contributed by atoms with E-state index in [0.29, 0.717) is 24.1 Å². The molecular formula is C13H18N2O2. The fraction of sp³-hybridized carbons (Fsp3) is 0.462. The molecule has 1 aliphatic rings. The van der Waals surface area contributed by atoms with Crippen molar-refractivity contribution in [3.63, 3.8) is 0 Å². The van der Waals surface area contributed by atoms with Gasteiger partial charge >= 0.3 is 0 Å². The molecule has 0 heterocycles. The highest BCUT2D eigenvalue weighted by molar-refractivity contribution is 5.93. The van der Waals surface area contributed by atoms with Crippen molar-refractivity contribution >= 4 is 11.6 Å². The van der Waals surface area contributed by atoms with E-state index in [4.69, 9.17) is 10.5 Å². The highest BCUT2D eigenvalue weighted by Crippen LogP contribution is 2.34. The zero-order valence-corrected chi connectivity index (χ0v) is 9.98. The summed E-state index contributed by atoms with van der Waals surface area (Å²) in [4.78, 5) is 11.1. The molecule has 1 atom stereocenters. The summed E-state index contributed by atoms with van der Waals surface area (Å²) in [6.07, 6.45) is 2.49. The van der Waals surface area contributed by atoms with Crippen LogP contribution in [0, 0.1) is 5.92 Å². The van der Waals surface area contributed by atoms with Gasteiger partial charge in [-0.2, -0.15) is 0 Å². The third-order valence-electron chi connectivity index (χ3n) is 3.04. The van der Waals surface area contributed by atoms with Gasteiger partial charge < -0.3 is 15.8 Å². The predicted molar refractivity (Wildman–Crippen MR) is 67.0 cm³/mol. The van der Waals surface area contributed by atoms with Crippen molar-refractivity contribution < 1.29 is 9.53 Å². The highest BCUT2D eigenvalue weighted by Gasteiger charge is 2.31. The van der Waals surface area contributed by atoms with Crippen molar-refractivity contribution in [2.75, 3.05) is 19.0 Å². The molecule has 1 fully saturated rings. The maximum atomic E-state index is 11.1. The number of primary amides is 1. The largest absolute Gasteiger partial charge is 0.383 e. The molecule has 0 bridgehead atoms. The number of nitrogens with two attached hydrogens (primary N) is 1. The summed E-state index contributed by atoms with van der Waals surface area (Å²) in [7, 11) is 1.71. The van der Waals surface area contributed by atoms with E-state index in [1.54, 1.807) is 19.2 Å². The summed E-state index contributed by atoms with van der Waals surface area (Å²) in [5.41, 5.74) is 6.71. The molecule has 1 aliphatic carbocycles. The van der Waals surface area contributed by atoms with Crippen molar-refractivity contribution in [3.05, 3.63) is 29.8 Å². The van der Waals surface area contributed by atoms with E-state index >= 15 is 0 Å². The second-order valence-electron chi connectivity index (χ2n) is 4.49. The van der Waals surface area contributed by atoms with E-state index in [9.17, 15) is 4.79 Å². The molecule has 1 saturated carbocycles. The summed E-state index contributed by atoms with van der Waals surface area (Å²) in [6, 6.07) is 7.60. The Hall–Kier alpha value is -1.55. The SMILES string of the molecule is COCC(Nc1cccc(C(N)=O)c1)C1CC1. The van der Waals surface area contributed by atoms with Crippen molar-refractivity contribution in [1.82, 2.24) is 0 Å². The fourth-order valence-electron chi connectivity index (χ4n) is 1.95. The Labute approximate surface area is 101 Å². The van der Waals surface area contributed by atoms with Crippen LogP contribution >= 0.6 is 0 Å². The summed E-state index contributed by atoms with van der Waals surface area (Å²) in [6.45, 7) is 0.686. The van der Waals surface area contributed by atoms with Crippen LogP contribution in [0.3, 0.4) is 0 Å². The van der Waals surface area contributed by atoms with Crippen LogP contribution < -0.4 is 11.1 Å². The van der Waals surface area contributed by atoms with Gasteiger partial charge in [-0.15, -0.1) is 0 Å². The third-order valence-corrected chi connectivity index (χ3v) is 3.04. The number of carbonyl (C=O) groups is 1. The minimum absolute atomic E-state index is 0.322. The molecule has 1 aromatic rings. The van der Waals surface area contributed by atoms with E-state index < -0.39 is 5.91 Å². The lowest BCUT2D eigenvalue weighted by Crippen LogP contribution is -2.27. The first kappa shape index (κ1) is 11.9. The number of hydrogen-bond donors (Lipinski definition) is 2. The molecule has 2 rings (SSSR count). The summed E-state index contributed by atoms with van der Waals surface area (Å²) in [5.74, 6) is 0.288. The van der Waals surface area contributed by atoms with Gasteiger partial charge in [0.25, 0.3) is 0 Å². The second kappa shape index (κ2) is 5.19. The number of benzene rings is 1. The number of carbonyl (C=O) groups excluding carboxylic acids is 1. The van der Waals surface area contributed by atoms with E-state index in [1.807, 2.05) is 12.1 Å². The number of hydrogen-bond acceptors (Lipinski definition) is 3. The highest BCUT2D eigenvalue weighted by atomic mass is 16.5.